The molecule has 38 heavy (non-hydrogen) atoms. The number of hydrogen-bond donors (Lipinski definition) is 4. The third kappa shape index (κ3) is 7.77. The van der Waals surface area contributed by atoms with Gasteiger partial charge in [-0.2, -0.15) is 13.2 Å². The van der Waals surface area contributed by atoms with Gasteiger partial charge in [-0.1, -0.05) is 13.8 Å². The number of rotatable bonds is 12. The van der Waals surface area contributed by atoms with Crippen molar-refractivity contribution < 1.29 is 35.6 Å². The molecule has 0 aliphatic carbocycles. The van der Waals surface area contributed by atoms with Crippen LogP contribution in [0.5, 0.6) is 0 Å². The fourth-order valence-electron chi connectivity index (χ4n) is 3.74. The van der Waals surface area contributed by atoms with Crippen molar-refractivity contribution in [1.82, 2.24) is 20.3 Å². The number of amides is 2. The van der Waals surface area contributed by atoms with E-state index in [-0.39, 0.29) is 31.5 Å². The predicted molar refractivity (Wildman–Crippen MR) is 136 cm³/mol. The highest BCUT2D eigenvalue weighted by molar-refractivity contribution is 7.89. The quantitative estimate of drug-likeness (QED) is 0.189. The summed E-state index contributed by atoms with van der Waals surface area (Å²) in [6.07, 6.45) is -4.12. The highest BCUT2D eigenvalue weighted by Gasteiger charge is 2.37. The van der Waals surface area contributed by atoms with Gasteiger partial charge in [-0.15, -0.1) is 11.3 Å². The van der Waals surface area contributed by atoms with E-state index in [1.165, 1.54) is 11.3 Å². The molecule has 0 saturated heterocycles. The standard InChI is InChI=1S/C24H28F4N4O4S2/c1-14(2)11-18(32-23(34)19-13-20-17(31-19)7-10-37-20)22(33)29-8-3-4-9-30-38(35,36)21-6-5-15(25)12-16(21)24(26,27)28/h5-7,10,12-14,18,30-31H,3-4,8-9,11H2,1-2H3,(H,29,33)(H,32,34). The van der Waals surface area contributed by atoms with Crippen LogP contribution in [-0.4, -0.2) is 44.3 Å². The Morgan fingerprint density at radius 2 is 1.79 bits per heavy atom. The largest absolute Gasteiger partial charge is 0.417 e. The van der Waals surface area contributed by atoms with Crippen molar-refractivity contribution in [3.63, 3.8) is 0 Å². The second-order valence-corrected chi connectivity index (χ2v) is 11.8. The van der Waals surface area contributed by atoms with E-state index in [0.717, 1.165) is 10.2 Å². The fourth-order valence-corrected chi connectivity index (χ4v) is 5.80. The molecule has 0 aliphatic rings. The van der Waals surface area contributed by atoms with Gasteiger partial charge < -0.3 is 15.6 Å². The maximum Gasteiger partial charge on any atom is 0.417 e. The van der Waals surface area contributed by atoms with Crippen LogP contribution in [0.1, 0.15) is 49.2 Å². The van der Waals surface area contributed by atoms with Crippen molar-refractivity contribution in [1.29, 1.82) is 0 Å². The first-order valence-corrected chi connectivity index (χ1v) is 14.2. The zero-order valence-electron chi connectivity index (χ0n) is 20.6. The number of aromatic nitrogens is 1. The summed E-state index contributed by atoms with van der Waals surface area (Å²) in [5, 5.41) is 7.33. The van der Waals surface area contributed by atoms with Gasteiger partial charge in [0, 0.05) is 13.1 Å². The van der Waals surface area contributed by atoms with Crippen molar-refractivity contribution in [2.45, 2.75) is 50.2 Å². The van der Waals surface area contributed by atoms with Crippen molar-refractivity contribution in [2.75, 3.05) is 13.1 Å². The number of hydrogen-bond acceptors (Lipinski definition) is 5. The molecule has 1 atom stereocenters. The minimum Gasteiger partial charge on any atom is -0.354 e. The summed E-state index contributed by atoms with van der Waals surface area (Å²) < 4.78 is 80.4. The van der Waals surface area contributed by atoms with Crippen LogP contribution in [0.2, 0.25) is 0 Å². The normalized spacial score (nSPS) is 13.1. The maximum absolute atomic E-state index is 13.3. The number of nitrogens with one attached hydrogen (secondary N) is 4. The van der Waals surface area contributed by atoms with Gasteiger partial charge in [0.05, 0.1) is 20.7 Å². The number of fused-ring (bicyclic) bond motifs is 1. The van der Waals surface area contributed by atoms with E-state index in [1.54, 1.807) is 6.07 Å². The highest BCUT2D eigenvalue weighted by Crippen LogP contribution is 2.34. The van der Waals surface area contributed by atoms with E-state index in [9.17, 15) is 35.6 Å². The van der Waals surface area contributed by atoms with Crippen LogP contribution in [0.3, 0.4) is 0 Å². The fraction of sp³-hybridized carbons (Fsp3) is 0.417. The Balaban J connectivity index is 1.49. The van der Waals surface area contributed by atoms with Crippen LogP contribution < -0.4 is 15.4 Å². The van der Waals surface area contributed by atoms with Crippen molar-refractivity contribution in [2.24, 2.45) is 5.92 Å². The number of sulfonamides is 1. The van der Waals surface area contributed by atoms with Crippen LogP contribution in [0.4, 0.5) is 17.6 Å². The van der Waals surface area contributed by atoms with Gasteiger partial charge in [0.25, 0.3) is 5.91 Å². The molecule has 0 fully saturated rings. The van der Waals surface area contributed by atoms with Gasteiger partial charge in [0.15, 0.2) is 0 Å². The molecule has 3 aromatic rings. The Labute approximate surface area is 221 Å². The molecule has 14 heteroatoms. The molecule has 2 amide bonds. The monoisotopic (exact) mass is 576 g/mol. The zero-order chi connectivity index (χ0) is 28.1. The van der Waals surface area contributed by atoms with E-state index < -0.39 is 50.3 Å². The van der Waals surface area contributed by atoms with E-state index in [0.29, 0.717) is 30.7 Å². The van der Waals surface area contributed by atoms with Crippen LogP contribution in [-0.2, 0) is 21.0 Å². The number of aromatic amines is 1. The number of carbonyl (C=O) groups excluding carboxylic acids is 2. The molecule has 0 bridgehead atoms. The Bertz CT molecular complexity index is 1350. The third-order valence-corrected chi connectivity index (χ3v) is 7.93. The molecule has 8 nitrogen and oxygen atoms in total. The average molecular weight is 577 g/mol. The van der Waals surface area contributed by atoms with E-state index >= 15 is 0 Å². The lowest BCUT2D eigenvalue weighted by molar-refractivity contribution is -0.140. The molecule has 0 aliphatic heterocycles. The maximum atomic E-state index is 13.3. The molecular weight excluding hydrogens is 548 g/mol. The van der Waals surface area contributed by atoms with Crippen molar-refractivity contribution in [3.05, 3.63) is 52.8 Å². The molecule has 0 radical (unpaired) electrons. The van der Waals surface area contributed by atoms with Crippen molar-refractivity contribution >= 4 is 43.4 Å². The van der Waals surface area contributed by atoms with Crippen LogP contribution in [0.25, 0.3) is 10.2 Å². The smallest absolute Gasteiger partial charge is 0.354 e. The summed E-state index contributed by atoms with van der Waals surface area (Å²) in [5.41, 5.74) is -0.417. The summed E-state index contributed by atoms with van der Waals surface area (Å²) in [5.74, 6) is -1.91. The number of carbonyl (C=O) groups is 2. The van der Waals surface area contributed by atoms with Crippen LogP contribution >= 0.6 is 11.3 Å². The molecule has 1 unspecified atom stereocenters. The first kappa shape index (κ1) is 29.6. The first-order valence-electron chi connectivity index (χ1n) is 11.8. The number of H-pyrrole nitrogens is 1. The van der Waals surface area contributed by atoms with Crippen LogP contribution in [0.15, 0.2) is 40.6 Å². The molecule has 208 valence electrons. The number of halogens is 4. The number of thiophene rings is 1. The summed E-state index contributed by atoms with van der Waals surface area (Å²) in [7, 11) is -4.54. The molecule has 2 aromatic heterocycles. The van der Waals surface area contributed by atoms with E-state index in [1.807, 2.05) is 25.3 Å². The number of alkyl halides is 3. The summed E-state index contributed by atoms with van der Waals surface area (Å²) in [6.45, 7) is 3.79. The SMILES string of the molecule is CC(C)CC(NC(=O)c1cc2sccc2[nH]1)C(=O)NCCCCNS(=O)(=O)c1ccc(F)cc1C(F)(F)F. The lowest BCUT2D eigenvalue weighted by Crippen LogP contribution is -2.47. The molecular formula is C24H28F4N4O4S2. The molecule has 4 N–H and O–H groups in total. The van der Waals surface area contributed by atoms with Gasteiger partial charge in [0.1, 0.15) is 17.6 Å². The van der Waals surface area contributed by atoms with Gasteiger partial charge in [-0.05, 0) is 60.9 Å². The Kier molecular flexibility index (Phi) is 9.54. The minimum atomic E-state index is -5.05. The molecule has 2 heterocycles. The average Bonchev–Trinajstić information content (AvgIpc) is 3.42. The summed E-state index contributed by atoms with van der Waals surface area (Å²) in [6, 6.07) is 4.12. The van der Waals surface area contributed by atoms with E-state index in [2.05, 4.69) is 20.3 Å². The molecule has 0 spiro atoms. The van der Waals surface area contributed by atoms with Crippen LogP contribution in [0, 0.1) is 11.7 Å². The topological polar surface area (TPSA) is 120 Å². The van der Waals surface area contributed by atoms with Gasteiger partial charge in [-0.25, -0.2) is 17.5 Å². The second-order valence-electron chi connectivity index (χ2n) is 9.07. The van der Waals surface area contributed by atoms with Gasteiger partial charge in [-0.3, -0.25) is 9.59 Å². The number of benzene rings is 1. The Morgan fingerprint density at radius 1 is 1.08 bits per heavy atom. The summed E-state index contributed by atoms with van der Waals surface area (Å²) >= 11 is 1.48. The Morgan fingerprint density at radius 3 is 2.45 bits per heavy atom. The zero-order valence-corrected chi connectivity index (χ0v) is 22.2. The first-order chi connectivity index (χ1) is 17.8. The second kappa shape index (κ2) is 12.3. The highest BCUT2D eigenvalue weighted by atomic mass is 32.2. The van der Waals surface area contributed by atoms with E-state index in [4.69, 9.17) is 0 Å². The minimum absolute atomic E-state index is 0.112. The molecule has 3 rings (SSSR count). The molecule has 1 aromatic carbocycles. The lowest BCUT2D eigenvalue weighted by Gasteiger charge is -2.20. The third-order valence-electron chi connectivity index (χ3n) is 5.54. The number of unbranched alkanes of at least 4 members (excludes halogenated alkanes) is 1. The van der Waals surface area contributed by atoms with Gasteiger partial charge >= 0.3 is 6.18 Å². The van der Waals surface area contributed by atoms with Gasteiger partial charge in [0.2, 0.25) is 15.9 Å². The Hall–Kier alpha value is -2.97. The predicted octanol–water partition coefficient (Wildman–Crippen LogP) is 4.41. The van der Waals surface area contributed by atoms with Crippen molar-refractivity contribution in [3.8, 4) is 0 Å². The summed E-state index contributed by atoms with van der Waals surface area (Å²) in [4.78, 5) is 27.3. The lowest BCUT2D eigenvalue weighted by atomic mass is 10.0. The molecule has 0 saturated carbocycles.